The van der Waals surface area contributed by atoms with Gasteiger partial charge in [-0.2, -0.15) is 0 Å². The van der Waals surface area contributed by atoms with Crippen molar-refractivity contribution in [1.29, 1.82) is 0 Å². The van der Waals surface area contributed by atoms with E-state index in [2.05, 4.69) is 12.6 Å². The predicted molar refractivity (Wildman–Crippen MR) is 103 cm³/mol. The molecule has 2 heteroatoms. The second-order valence-corrected chi connectivity index (χ2v) is 5.86. The van der Waals surface area contributed by atoms with Crippen LogP contribution in [0.3, 0.4) is 0 Å². The first kappa shape index (κ1) is 15.2. The molecule has 4 aromatic carbocycles. The smallest absolute Gasteiger partial charge is 0.344 e. The van der Waals surface area contributed by atoms with Gasteiger partial charge in [0, 0.05) is 0 Å². The van der Waals surface area contributed by atoms with Crippen LogP contribution < -0.4 is 4.74 Å². The Hall–Kier alpha value is -3.39. The number of carbonyl (C=O) groups is 1. The molecule has 0 bridgehead atoms. The molecule has 4 aromatic rings. The van der Waals surface area contributed by atoms with E-state index in [0.717, 1.165) is 27.1 Å². The minimum atomic E-state index is -0.348. The molecule has 0 radical (unpaired) electrons. The van der Waals surface area contributed by atoms with Crippen molar-refractivity contribution in [2.24, 2.45) is 0 Å². The molecular weight excluding hydrogens is 308 g/mol. The average Bonchev–Trinajstić information content (AvgIpc) is 2.66. The topological polar surface area (TPSA) is 26.3 Å². The lowest BCUT2D eigenvalue weighted by molar-refractivity contribution is 0.0739. The first-order valence-electron chi connectivity index (χ1n) is 8.11. The fourth-order valence-electron chi connectivity index (χ4n) is 3.06. The number of ether oxygens (including phenoxy) is 1. The number of carbonyl (C=O) groups excluding carboxylic acids is 1. The normalized spacial score (nSPS) is 10.7. The molecule has 0 amide bonds. The van der Waals surface area contributed by atoms with Crippen molar-refractivity contribution in [3.8, 4) is 5.75 Å². The Balaban J connectivity index is 1.85. The van der Waals surface area contributed by atoms with Gasteiger partial charge in [-0.3, -0.25) is 0 Å². The van der Waals surface area contributed by atoms with E-state index >= 15 is 0 Å². The zero-order valence-corrected chi connectivity index (χ0v) is 13.6. The summed E-state index contributed by atoms with van der Waals surface area (Å²) in [7, 11) is 0. The predicted octanol–water partition coefficient (Wildman–Crippen LogP) is 5.86. The summed E-state index contributed by atoms with van der Waals surface area (Å²) in [4.78, 5) is 13.0. The van der Waals surface area contributed by atoms with Crippen LogP contribution in [0, 0.1) is 0 Å². The summed E-state index contributed by atoms with van der Waals surface area (Å²) in [5, 5.41) is 3.84. The van der Waals surface area contributed by atoms with Crippen molar-refractivity contribution in [3.63, 3.8) is 0 Å². The maximum Gasteiger partial charge on any atom is 0.344 e. The molecule has 0 fully saturated rings. The van der Waals surface area contributed by atoms with Gasteiger partial charge < -0.3 is 4.74 Å². The molecule has 0 unspecified atom stereocenters. The van der Waals surface area contributed by atoms with E-state index < -0.39 is 0 Å². The van der Waals surface area contributed by atoms with Crippen LogP contribution >= 0.6 is 0 Å². The van der Waals surface area contributed by atoms with E-state index in [-0.39, 0.29) is 5.97 Å². The van der Waals surface area contributed by atoms with Gasteiger partial charge in [-0.1, -0.05) is 73.3 Å². The number of hydrogen-bond acceptors (Lipinski definition) is 2. The van der Waals surface area contributed by atoms with Crippen LogP contribution in [0.4, 0.5) is 0 Å². The van der Waals surface area contributed by atoms with Crippen LogP contribution in [-0.2, 0) is 0 Å². The molecule has 2 nitrogen and oxygen atoms in total. The molecule has 4 rings (SSSR count). The van der Waals surface area contributed by atoms with Gasteiger partial charge in [-0.15, -0.1) is 0 Å². The van der Waals surface area contributed by atoms with Gasteiger partial charge in [-0.25, -0.2) is 4.79 Å². The zero-order valence-electron chi connectivity index (χ0n) is 13.6. The van der Waals surface area contributed by atoms with E-state index in [9.17, 15) is 4.79 Å². The summed E-state index contributed by atoms with van der Waals surface area (Å²) < 4.78 is 5.64. The highest BCUT2D eigenvalue weighted by Gasteiger charge is 2.16. The third-order valence-corrected chi connectivity index (χ3v) is 4.30. The quantitative estimate of drug-likeness (QED) is 0.268. The molecule has 0 aliphatic heterocycles. The molecule has 0 saturated carbocycles. The van der Waals surface area contributed by atoms with Gasteiger partial charge >= 0.3 is 5.97 Å². The molecule has 0 N–H and O–H groups in total. The number of rotatable bonds is 3. The van der Waals surface area contributed by atoms with Crippen molar-refractivity contribution in [2.45, 2.75) is 0 Å². The lowest BCUT2D eigenvalue weighted by Gasteiger charge is -2.11. The van der Waals surface area contributed by atoms with Crippen LogP contribution in [-0.4, -0.2) is 5.97 Å². The largest absolute Gasteiger partial charge is 0.423 e. The molecule has 0 aliphatic carbocycles. The van der Waals surface area contributed by atoms with E-state index in [4.69, 9.17) is 4.74 Å². The van der Waals surface area contributed by atoms with Crippen molar-refractivity contribution >= 4 is 33.6 Å². The number of esters is 1. The molecule has 0 aromatic heterocycles. The van der Waals surface area contributed by atoms with Crippen molar-refractivity contribution in [1.82, 2.24) is 0 Å². The summed E-state index contributed by atoms with van der Waals surface area (Å²) in [6.07, 6.45) is 1.75. The third-order valence-electron chi connectivity index (χ3n) is 4.30. The molecule has 0 atom stereocenters. The fraction of sp³-hybridized carbons (Fsp3) is 0. The Morgan fingerprint density at radius 3 is 1.92 bits per heavy atom. The van der Waals surface area contributed by atoms with Gasteiger partial charge in [0.15, 0.2) is 0 Å². The summed E-state index contributed by atoms with van der Waals surface area (Å²) >= 11 is 0. The minimum Gasteiger partial charge on any atom is -0.423 e. The fourth-order valence-corrected chi connectivity index (χ4v) is 3.06. The first-order valence-corrected chi connectivity index (χ1v) is 8.11. The van der Waals surface area contributed by atoms with Crippen molar-refractivity contribution < 1.29 is 9.53 Å². The molecule has 0 aliphatic rings. The highest BCUT2D eigenvalue weighted by Crippen LogP contribution is 2.29. The maximum absolute atomic E-state index is 13.0. The Labute approximate surface area is 146 Å². The van der Waals surface area contributed by atoms with Gasteiger partial charge in [0.25, 0.3) is 0 Å². The van der Waals surface area contributed by atoms with Crippen molar-refractivity contribution in [3.05, 3.63) is 96.6 Å². The Morgan fingerprint density at radius 1 is 0.800 bits per heavy atom. The number of hydrogen-bond donors (Lipinski definition) is 0. The number of benzene rings is 4. The molecule has 120 valence electrons. The average molecular weight is 324 g/mol. The molecule has 0 saturated heterocycles. The van der Waals surface area contributed by atoms with Crippen LogP contribution in [0.25, 0.3) is 27.6 Å². The van der Waals surface area contributed by atoms with E-state index in [1.165, 1.54) is 0 Å². The van der Waals surface area contributed by atoms with Crippen LogP contribution in [0.2, 0.25) is 0 Å². The first-order chi connectivity index (χ1) is 12.3. The highest BCUT2D eigenvalue weighted by molar-refractivity contribution is 6.17. The van der Waals surface area contributed by atoms with E-state index in [1.54, 1.807) is 18.2 Å². The van der Waals surface area contributed by atoms with Crippen molar-refractivity contribution in [2.75, 3.05) is 0 Å². The lowest BCUT2D eigenvalue weighted by atomic mass is 9.97. The Morgan fingerprint density at radius 2 is 1.36 bits per heavy atom. The number of fused-ring (bicyclic) bond motifs is 2. The second kappa shape index (κ2) is 6.25. The van der Waals surface area contributed by atoms with Gasteiger partial charge in [0.05, 0.1) is 5.56 Å². The Bertz CT molecular complexity index is 1040. The summed E-state index contributed by atoms with van der Waals surface area (Å²) in [6.45, 7) is 3.73. The van der Waals surface area contributed by atoms with Crippen LogP contribution in [0.15, 0.2) is 85.4 Å². The summed E-state index contributed by atoms with van der Waals surface area (Å²) in [5.41, 5.74) is 1.58. The SMILES string of the molecule is C=Cc1ccc(OC(=O)c2c3ccccc3cc3ccccc23)cc1. The molecule has 0 spiro atoms. The Kier molecular flexibility index (Phi) is 3.79. The molecular formula is C23H16O2. The lowest BCUT2D eigenvalue weighted by Crippen LogP contribution is -2.10. The maximum atomic E-state index is 13.0. The minimum absolute atomic E-state index is 0.348. The van der Waals surface area contributed by atoms with Gasteiger partial charge in [0.2, 0.25) is 0 Å². The zero-order chi connectivity index (χ0) is 17.2. The third kappa shape index (κ3) is 2.79. The standard InChI is InChI=1S/C23H16O2/c1-2-16-11-13-19(14-12-16)25-23(24)22-20-9-5-3-7-17(20)15-18-8-4-6-10-21(18)22/h2-15H,1H2. The van der Waals surface area contributed by atoms with Crippen LogP contribution in [0.5, 0.6) is 5.75 Å². The molecule has 25 heavy (non-hydrogen) atoms. The van der Waals surface area contributed by atoms with Crippen LogP contribution in [0.1, 0.15) is 15.9 Å². The highest BCUT2D eigenvalue weighted by atomic mass is 16.5. The van der Waals surface area contributed by atoms with E-state index in [0.29, 0.717) is 11.3 Å². The monoisotopic (exact) mass is 324 g/mol. The summed E-state index contributed by atoms with van der Waals surface area (Å²) in [6, 6.07) is 25.2. The summed E-state index contributed by atoms with van der Waals surface area (Å²) in [5.74, 6) is 0.173. The second-order valence-electron chi connectivity index (χ2n) is 5.86. The van der Waals surface area contributed by atoms with Gasteiger partial charge in [0.1, 0.15) is 5.75 Å². The van der Waals surface area contributed by atoms with E-state index in [1.807, 2.05) is 60.7 Å². The molecule has 0 heterocycles. The van der Waals surface area contributed by atoms with Gasteiger partial charge in [-0.05, 0) is 45.3 Å².